The average Bonchev–Trinajstić information content (AvgIpc) is 2.74. The van der Waals surface area contributed by atoms with Crippen LogP contribution in [0.2, 0.25) is 0 Å². The fourth-order valence-corrected chi connectivity index (χ4v) is 1.94. The quantitative estimate of drug-likeness (QED) is 0.652. The van der Waals surface area contributed by atoms with E-state index in [-0.39, 0.29) is 12.1 Å². The van der Waals surface area contributed by atoms with Crippen LogP contribution in [0.5, 0.6) is 0 Å². The standard InChI is InChI=1S/C11H12N8O/c1-6-3-8(12)15-9(14-6)5-19-11(20)7-4-13-18(2)10(7)16-17-19/h3-4H,5H2,1-2H3,(H2,12,14,15). The van der Waals surface area contributed by atoms with Crippen LogP contribution in [0, 0.1) is 6.92 Å². The van der Waals surface area contributed by atoms with Gasteiger partial charge in [0.2, 0.25) is 0 Å². The van der Waals surface area contributed by atoms with Crippen molar-refractivity contribution in [1.82, 2.24) is 34.7 Å². The van der Waals surface area contributed by atoms with Crippen LogP contribution in [0.15, 0.2) is 17.1 Å². The number of anilines is 1. The van der Waals surface area contributed by atoms with Gasteiger partial charge in [-0.15, -0.1) is 5.10 Å². The van der Waals surface area contributed by atoms with Gasteiger partial charge in [0.1, 0.15) is 17.7 Å². The summed E-state index contributed by atoms with van der Waals surface area (Å²) in [4.78, 5) is 20.5. The van der Waals surface area contributed by atoms with E-state index in [9.17, 15) is 4.79 Å². The molecule has 102 valence electrons. The number of aromatic nitrogens is 7. The Balaban J connectivity index is 2.06. The van der Waals surface area contributed by atoms with Crippen molar-refractivity contribution in [2.24, 2.45) is 7.05 Å². The lowest BCUT2D eigenvalue weighted by atomic mass is 10.4. The first kappa shape index (κ1) is 12.2. The van der Waals surface area contributed by atoms with Gasteiger partial charge < -0.3 is 5.73 Å². The Morgan fingerprint density at radius 3 is 2.90 bits per heavy atom. The highest BCUT2D eigenvalue weighted by atomic mass is 16.1. The molecule has 0 radical (unpaired) electrons. The van der Waals surface area contributed by atoms with Crippen LogP contribution >= 0.6 is 0 Å². The highest BCUT2D eigenvalue weighted by Gasteiger charge is 2.11. The second kappa shape index (κ2) is 4.37. The normalized spacial score (nSPS) is 11.1. The highest BCUT2D eigenvalue weighted by Crippen LogP contribution is 2.04. The number of nitrogens with two attached hydrogens (primary N) is 1. The number of aryl methyl sites for hydroxylation is 2. The van der Waals surface area contributed by atoms with Crippen molar-refractivity contribution < 1.29 is 0 Å². The van der Waals surface area contributed by atoms with Crippen LogP contribution in [0.4, 0.5) is 5.82 Å². The molecule has 0 aliphatic rings. The molecule has 0 aliphatic carbocycles. The summed E-state index contributed by atoms with van der Waals surface area (Å²) in [5.74, 6) is 0.776. The van der Waals surface area contributed by atoms with Crippen LogP contribution in [0.3, 0.4) is 0 Å². The lowest BCUT2D eigenvalue weighted by Crippen LogP contribution is -2.25. The van der Waals surface area contributed by atoms with Crippen molar-refractivity contribution >= 4 is 16.9 Å². The molecule has 0 spiro atoms. The second-order valence-electron chi connectivity index (χ2n) is 4.41. The van der Waals surface area contributed by atoms with Crippen molar-refractivity contribution in [2.75, 3.05) is 5.73 Å². The monoisotopic (exact) mass is 272 g/mol. The maximum atomic E-state index is 12.2. The molecule has 9 heteroatoms. The van der Waals surface area contributed by atoms with Crippen LogP contribution < -0.4 is 11.3 Å². The molecule has 0 saturated heterocycles. The molecule has 0 fully saturated rings. The van der Waals surface area contributed by atoms with Gasteiger partial charge in [-0.2, -0.15) is 5.10 Å². The average molecular weight is 272 g/mol. The van der Waals surface area contributed by atoms with E-state index in [0.717, 1.165) is 5.69 Å². The molecule has 2 N–H and O–H groups in total. The minimum absolute atomic E-state index is 0.114. The summed E-state index contributed by atoms with van der Waals surface area (Å²) in [7, 11) is 1.70. The Labute approximate surface area is 113 Å². The SMILES string of the molecule is Cc1cc(N)nc(Cn2nnc3c(cnn3C)c2=O)n1. The van der Waals surface area contributed by atoms with E-state index in [1.165, 1.54) is 15.6 Å². The van der Waals surface area contributed by atoms with Crippen molar-refractivity contribution in [3.8, 4) is 0 Å². The summed E-state index contributed by atoms with van der Waals surface area (Å²) >= 11 is 0. The summed E-state index contributed by atoms with van der Waals surface area (Å²) in [5.41, 5.74) is 6.54. The van der Waals surface area contributed by atoms with Gasteiger partial charge in [-0.1, -0.05) is 5.21 Å². The van der Waals surface area contributed by atoms with Gasteiger partial charge in [0.25, 0.3) is 5.56 Å². The molecular weight excluding hydrogens is 260 g/mol. The first-order chi connectivity index (χ1) is 9.54. The van der Waals surface area contributed by atoms with Crippen LogP contribution in [-0.2, 0) is 13.6 Å². The predicted octanol–water partition coefficient (Wildman–Crippen LogP) is -0.746. The first-order valence-corrected chi connectivity index (χ1v) is 5.90. The number of rotatable bonds is 2. The van der Waals surface area contributed by atoms with E-state index in [0.29, 0.717) is 22.7 Å². The molecule has 3 heterocycles. The fourth-order valence-electron chi connectivity index (χ4n) is 1.94. The third-order valence-electron chi connectivity index (χ3n) is 2.83. The summed E-state index contributed by atoms with van der Waals surface area (Å²) < 4.78 is 2.69. The summed E-state index contributed by atoms with van der Waals surface area (Å²) in [6.07, 6.45) is 1.47. The minimum Gasteiger partial charge on any atom is -0.384 e. The van der Waals surface area contributed by atoms with Crippen LogP contribution in [-0.4, -0.2) is 34.7 Å². The van der Waals surface area contributed by atoms with E-state index < -0.39 is 0 Å². The van der Waals surface area contributed by atoms with Gasteiger partial charge >= 0.3 is 0 Å². The molecule has 0 amide bonds. The lowest BCUT2D eigenvalue weighted by molar-refractivity contribution is 0.576. The van der Waals surface area contributed by atoms with E-state index in [1.807, 2.05) is 0 Å². The maximum absolute atomic E-state index is 12.2. The Morgan fingerprint density at radius 1 is 1.35 bits per heavy atom. The smallest absolute Gasteiger partial charge is 0.281 e. The lowest BCUT2D eigenvalue weighted by Gasteiger charge is -2.04. The Kier molecular flexibility index (Phi) is 2.67. The molecule has 20 heavy (non-hydrogen) atoms. The van der Waals surface area contributed by atoms with Gasteiger partial charge in [0, 0.05) is 18.8 Å². The molecular formula is C11H12N8O. The van der Waals surface area contributed by atoms with Gasteiger partial charge in [0.15, 0.2) is 11.5 Å². The van der Waals surface area contributed by atoms with Crippen molar-refractivity contribution in [2.45, 2.75) is 13.5 Å². The summed E-state index contributed by atoms with van der Waals surface area (Å²) in [5, 5.41) is 12.2. The van der Waals surface area contributed by atoms with Crippen molar-refractivity contribution in [1.29, 1.82) is 0 Å². The van der Waals surface area contributed by atoms with E-state index >= 15 is 0 Å². The maximum Gasteiger partial charge on any atom is 0.281 e. The predicted molar refractivity (Wildman–Crippen MR) is 70.8 cm³/mol. The molecule has 0 aromatic carbocycles. The van der Waals surface area contributed by atoms with E-state index in [2.05, 4.69) is 25.4 Å². The zero-order valence-electron chi connectivity index (χ0n) is 11.0. The molecule has 0 bridgehead atoms. The minimum atomic E-state index is -0.285. The van der Waals surface area contributed by atoms with Crippen molar-refractivity contribution in [3.63, 3.8) is 0 Å². The first-order valence-electron chi connectivity index (χ1n) is 5.90. The molecule has 0 atom stereocenters. The largest absolute Gasteiger partial charge is 0.384 e. The van der Waals surface area contributed by atoms with E-state index in [1.54, 1.807) is 20.0 Å². The summed E-state index contributed by atoms with van der Waals surface area (Å²) in [6, 6.07) is 1.66. The Morgan fingerprint density at radius 2 is 2.15 bits per heavy atom. The molecule has 0 aliphatic heterocycles. The van der Waals surface area contributed by atoms with Gasteiger partial charge in [0.05, 0.1) is 6.20 Å². The molecule has 0 saturated carbocycles. The van der Waals surface area contributed by atoms with Crippen LogP contribution in [0.1, 0.15) is 11.5 Å². The zero-order chi connectivity index (χ0) is 14.3. The Bertz CT molecular complexity index is 829. The van der Waals surface area contributed by atoms with Gasteiger partial charge in [-0.05, 0) is 6.92 Å². The van der Waals surface area contributed by atoms with Gasteiger partial charge in [-0.3, -0.25) is 4.79 Å². The zero-order valence-corrected chi connectivity index (χ0v) is 11.0. The second-order valence-corrected chi connectivity index (χ2v) is 4.41. The number of hydrogen-bond donors (Lipinski definition) is 1. The number of fused-ring (bicyclic) bond motifs is 1. The summed E-state index contributed by atoms with van der Waals surface area (Å²) in [6.45, 7) is 1.92. The molecule has 3 rings (SSSR count). The Hall–Kier alpha value is -2.84. The molecule has 3 aromatic rings. The topological polar surface area (TPSA) is 117 Å². The molecule has 9 nitrogen and oxygen atoms in total. The molecule has 0 unspecified atom stereocenters. The van der Waals surface area contributed by atoms with Crippen LogP contribution in [0.25, 0.3) is 11.0 Å². The third kappa shape index (κ3) is 1.98. The van der Waals surface area contributed by atoms with E-state index in [4.69, 9.17) is 5.73 Å². The van der Waals surface area contributed by atoms with Gasteiger partial charge in [-0.25, -0.2) is 19.3 Å². The number of nitrogens with zero attached hydrogens (tertiary/aromatic N) is 7. The van der Waals surface area contributed by atoms with Crippen molar-refractivity contribution in [3.05, 3.63) is 34.1 Å². The fraction of sp³-hybridized carbons (Fsp3) is 0.273. The number of nitrogen functional groups attached to an aromatic ring is 1. The molecule has 3 aromatic heterocycles. The highest BCUT2D eigenvalue weighted by molar-refractivity contribution is 5.72. The third-order valence-corrected chi connectivity index (χ3v) is 2.83. The number of hydrogen-bond acceptors (Lipinski definition) is 7.